The van der Waals surface area contributed by atoms with Gasteiger partial charge in [0.1, 0.15) is 0 Å². The molecule has 0 saturated carbocycles. The maximum atomic E-state index is 11.7. The molecule has 100 valence electrons. The molecule has 0 aliphatic heterocycles. The summed E-state index contributed by atoms with van der Waals surface area (Å²) in [7, 11) is 1.51. The number of hydrogen-bond donors (Lipinski definition) is 2. The van der Waals surface area contributed by atoms with E-state index in [9.17, 15) is 9.90 Å². The number of carbonyl (C=O) groups excluding carboxylic acids is 1. The molecule has 0 aromatic heterocycles. The van der Waals surface area contributed by atoms with Crippen LogP contribution in [0.1, 0.15) is 16.8 Å². The molecule has 2 N–H and O–H groups in total. The molecule has 0 bridgehead atoms. The van der Waals surface area contributed by atoms with Crippen LogP contribution in [0, 0.1) is 0 Å². The molecule has 0 aliphatic rings. The first-order valence-electron chi connectivity index (χ1n) is 5.44. The lowest BCUT2D eigenvalue weighted by Crippen LogP contribution is -2.28. The zero-order valence-electron chi connectivity index (χ0n) is 9.95. The maximum absolute atomic E-state index is 11.7. The Morgan fingerprint density at radius 2 is 2.00 bits per heavy atom. The molecule has 18 heavy (non-hydrogen) atoms. The Morgan fingerprint density at radius 3 is 2.56 bits per heavy atom. The van der Waals surface area contributed by atoms with Crippen molar-refractivity contribution in [1.29, 1.82) is 0 Å². The predicted octanol–water partition coefficient (Wildman–Crippen LogP) is 2.12. The van der Waals surface area contributed by atoms with Gasteiger partial charge < -0.3 is 15.2 Å². The number of aliphatic hydroxyl groups excluding tert-OH is 1. The Balaban J connectivity index is 2.45. The van der Waals surface area contributed by atoms with Crippen molar-refractivity contribution in [3.63, 3.8) is 0 Å². The summed E-state index contributed by atoms with van der Waals surface area (Å²) in [5.74, 6) is -0.274. The van der Waals surface area contributed by atoms with Gasteiger partial charge in [-0.3, -0.25) is 4.79 Å². The van der Waals surface area contributed by atoms with E-state index in [2.05, 4.69) is 5.32 Å². The Kier molecular flexibility index (Phi) is 6.43. The largest absolute Gasteiger partial charge is 0.391 e. The average Bonchev–Trinajstić information content (AvgIpc) is 2.27. The summed E-state index contributed by atoms with van der Waals surface area (Å²) in [6.07, 6.45) is -0.160. The van der Waals surface area contributed by atoms with Gasteiger partial charge in [-0.2, -0.15) is 0 Å². The van der Waals surface area contributed by atoms with Gasteiger partial charge in [0.2, 0.25) is 0 Å². The monoisotopic (exact) mass is 291 g/mol. The lowest BCUT2D eigenvalue weighted by Gasteiger charge is -2.10. The molecule has 1 aromatic carbocycles. The van der Waals surface area contributed by atoms with Gasteiger partial charge in [0.05, 0.1) is 12.7 Å². The molecule has 0 aliphatic carbocycles. The third-order valence-electron chi connectivity index (χ3n) is 2.25. The van der Waals surface area contributed by atoms with Gasteiger partial charge in [-0.15, -0.1) is 0 Å². The molecule has 1 amide bonds. The third-order valence-corrected chi connectivity index (χ3v) is 2.68. The Morgan fingerprint density at radius 1 is 1.39 bits per heavy atom. The lowest BCUT2D eigenvalue weighted by atomic mass is 10.2. The Labute approximate surface area is 116 Å². The van der Waals surface area contributed by atoms with Gasteiger partial charge in [-0.1, -0.05) is 23.2 Å². The van der Waals surface area contributed by atoms with Gasteiger partial charge in [-0.25, -0.2) is 0 Å². The lowest BCUT2D eigenvalue weighted by molar-refractivity contribution is 0.0587. The second kappa shape index (κ2) is 7.59. The van der Waals surface area contributed by atoms with Gasteiger partial charge >= 0.3 is 0 Å². The van der Waals surface area contributed by atoms with Crippen molar-refractivity contribution in [1.82, 2.24) is 5.32 Å². The molecule has 1 unspecified atom stereocenters. The smallest absolute Gasteiger partial charge is 0.251 e. The van der Waals surface area contributed by atoms with Crippen molar-refractivity contribution in [3.8, 4) is 0 Å². The van der Waals surface area contributed by atoms with Crippen LogP contribution in [0.4, 0.5) is 0 Å². The summed E-state index contributed by atoms with van der Waals surface area (Å²) in [6.45, 7) is 0.604. The summed E-state index contributed by atoms with van der Waals surface area (Å²) in [6, 6.07) is 4.63. The Bertz CT molecular complexity index is 392. The summed E-state index contributed by atoms with van der Waals surface area (Å²) in [5, 5.41) is 12.9. The van der Waals surface area contributed by atoms with E-state index >= 15 is 0 Å². The molecule has 0 radical (unpaired) electrons. The van der Waals surface area contributed by atoms with Crippen LogP contribution in [-0.4, -0.2) is 37.4 Å². The predicted molar refractivity (Wildman–Crippen MR) is 71.3 cm³/mol. The number of methoxy groups -OCH3 is 1. The van der Waals surface area contributed by atoms with E-state index in [-0.39, 0.29) is 12.5 Å². The number of ether oxygens (including phenoxy) is 1. The first-order chi connectivity index (χ1) is 8.52. The van der Waals surface area contributed by atoms with Crippen molar-refractivity contribution >= 4 is 29.1 Å². The van der Waals surface area contributed by atoms with E-state index in [1.54, 1.807) is 6.07 Å². The highest BCUT2D eigenvalue weighted by molar-refractivity contribution is 6.35. The minimum Gasteiger partial charge on any atom is -0.391 e. The van der Waals surface area contributed by atoms with E-state index in [0.29, 0.717) is 28.6 Å². The van der Waals surface area contributed by atoms with Gasteiger partial charge in [0.15, 0.2) is 0 Å². The standard InChI is InChI=1S/C12H15Cl2NO3/c1-18-7-11(16)2-3-15-12(17)8-4-9(13)6-10(14)5-8/h4-6,11,16H,2-3,7H2,1H3,(H,15,17). The number of amides is 1. The summed E-state index contributed by atoms with van der Waals surface area (Å²) >= 11 is 11.6. The second-order valence-corrected chi connectivity index (χ2v) is 4.68. The quantitative estimate of drug-likeness (QED) is 0.844. The molecular weight excluding hydrogens is 277 g/mol. The number of carbonyl (C=O) groups is 1. The fourth-order valence-electron chi connectivity index (χ4n) is 1.42. The fourth-order valence-corrected chi connectivity index (χ4v) is 1.94. The molecule has 0 fully saturated rings. The summed E-state index contributed by atoms with van der Waals surface area (Å²) in [5.41, 5.74) is 0.397. The second-order valence-electron chi connectivity index (χ2n) is 3.81. The van der Waals surface area contributed by atoms with Crippen LogP contribution >= 0.6 is 23.2 Å². The molecule has 1 aromatic rings. The molecule has 0 saturated heterocycles. The molecule has 4 nitrogen and oxygen atoms in total. The van der Waals surface area contributed by atoms with Crippen molar-refractivity contribution in [2.24, 2.45) is 0 Å². The molecule has 0 spiro atoms. The van der Waals surface area contributed by atoms with Crippen molar-refractivity contribution in [2.45, 2.75) is 12.5 Å². The first-order valence-corrected chi connectivity index (χ1v) is 6.20. The minimum absolute atomic E-state index is 0.249. The maximum Gasteiger partial charge on any atom is 0.251 e. The van der Waals surface area contributed by atoms with E-state index in [1.165, 1.54) is 19.2 Å². The fraction of sp³-hybridized carbons (Fsp3) is 0.417. The number of rotatable bonds is 6. The topological polar surface area (TPSA) is 58.6 Å². The SMILES string of the molecule is COCC(O)CCNC(=O)c1cc(Cl)cc(Cl)c1. The van der Waals surface area contributed by atoms with Crippen molar-refractivity contribution in [2.75, 3.05) is 20.3 Å². The average molecular weight is 292 g/mol. The number of hydrogen-bond acceptors (Lipinski definition) is 3. The number of benzene rings is 1. The molecular formula is C12H15Cl2NO3. The van der Waals surface area contributed by atoms with Crippen LogP contribution in [0.15, 0.2) is 18.2 Å². The van der Waals surface area contributed by atoms with E-state index in [1.807, 2.05) is 0 Å². The van der Waals surface area contributed by atoms with Crippen LogP contribution in [0.3, 0.4) is 0 Å². The van der Waals surface area contributed by atoms with E-state index in [0.717, 1.165) is 0 Å². The van der Waals surface area contributed by atoms with Crippen LogP contribution in [0.5, 0.6) is 0 Å². The van der Waals surface area contributed by atoms with Gasteiger partial charge in [0.25, 0.3) is 5.91 Å². The molecule has 0 heterocycles. The number of halogens is 2. The number of nitrogens with one attached hydrogen (secondary N) is 1. The first kappa shape index (κ1) is 15.2. The summed E-state index contributed by atoms with van der Waals surface area (Å²) in [4.78, 5) is 11.7. The molecule has 1 rings (SSSR count). The van der Waals surface area contributed by atoms with Crippen LogP contribution in [-0.2, 0) is 4.74 Å². The van der Waals surface area contributed by atoms with Gasteiger partial charge in [-0.05, 0) is 24.6 Å². The van der Waals surface area contributed by atoms with Crippen LogP contribution in [0.2, 0.25) is 10.0 Å². The van der Waals surface area contributed by atoms with Crippen molar-refractivity contribution < 1.29 is 14.6 Å². The van der Waals surface area contributed by atoms with Gasteiger partial charge in [0, 0.05) is 29.3 Å². The zero-order chi connectivity index (χ0) is 13.5. The van der Waals surface area contributed by atoms with Crippen LogP contribution < -0.4 is 5.32 Å². The third kappa shape index (κ3) is 5.23. The van der Waals surface area contributed by atoms with E-state index in [4.69, 9.17) is 27.9 Å². The van der Waals surface area contributed by atoms with E-state index < -0.39 is 6.10 Å². The Hall–Kier alpha value is -0.810. The highest BCUT2D eigenvalue weighted by Crippen LogP contribution is 2.18. The molecule has 1 atom stereocenters. The minimum atomic E-state index is -0.585. The number of aliphatic hydroxyl groups is 1. The zero-order valence-corrected chi connectivity index (χ0v) is 11.5. The highest BCUT2D eigenvalue weighted by Gasteiger charge is 2.09. The normalized spacial score (nSPS) is 12.2. The summed E-state index contributed by atoms with van der Waals surface area (Å²) < 4.78 is 4.78. The highest BCUT2D eigenvalue weighted by atomic mass is 35.5. The molecule has 6 heteroatoms. The van der Waals surface area contributed by atoms with Crippen LogP contribution in [0.25, 0.3) is 0 Å². The van der Waals surface area contributed by atoms with Crippen molar-refractivity contribution in [3.05, 3.63) is 33.8 Å².